The van der Waals surface area contributed by atoms with Crippen molar-refractivity contribution in [1.29, 1.82) is 0 Å². The summed E-state index contributed by atoms with van der Waals surface area (Å²) in [5.74, 6) is 1.73. The fourth-order valence-corrected chi connectivity index (χ4v) is 3.65. The molecule has 0 heterocycles. The summed E-state index contributed by atoms with van der Waals surface area (Å²) in [6, 6.07) is 21.5. The maximum atomic E-state index is 9.41. The number of rotatable bonds is 9. The minimum Gasteiger partial charge on any atom is -0.508 e. The van der Waals surface area contributed by atoms with Gasteiger partial charge in [-0.1, -0.05) is 48.5 Å². The van der Waals surface area contributed by atoms with Crippen LogP contribution in [0.25, 0.3) is 0 Å². The number of methoxy groups -OCH3 is 1. The standard InChI is InChI=1S/C24H26BrNO3/c1-26(15-14-18-8-11-21(27)12-9-18)16-20-10-13-22(28-2)24(23(20)25)29-17-19-6-4-3-5-7-19/h3-13,27H,14-17H2,1-2H3. The molecule has 0 aliphatic heterocycles. The Kier molecular flexibility index (Phi) is 7.55. The highest BCUT2D eigenvalue weighted by Crippen LogP contribution is 2.38. The van der Waals surface area contributed by atoms with E-state index >= 15 is 0 Å². The van der Waals surface area contributed by atoms with Gasteiger partial charge in [-0.15, -0.1) is 0 Å². The van der Waals surface area contributed by atoms with Crippen LogP contribution in [0.5, 0.6) is 17.2 Å². The summed E-state index contributed by atoms with van der Waals surface area (Å²) in [6.07, 6.45) is 0.919. The zero-order valence-electron chi connectivity index (χ0n) is 16.8. The molecule has 0 radical (unpaired) electrons. The predicted octanol–water partition coefficient (Wildman–Crippen LogP) is 5.42. The fourth-order valence-electron chi connectivity index (χ4n) is 3.08. The first-order valence-corrected chi connectivity index (χ1v) is 10.3. The third-order valence-electron chi connectivity index (χ3n) is 4.75. The fraction of sp³-hybridized carbons (Fsp3) is 0.250. The van der Waals surface area contributed by atoms with Gasteiger partial charge >= 0.3 is 0 Å². The molecule has 5 heteroatoms. The number of hydrogen-bond acceptors (Lipinski definition) is 4. The van der Waals surface area contributed by atoms with E-state index in [1.54, 1.807) is 19.2 Å². The molecular formula is C24H26BrNO3. The second kappa shape index (κ2) is 10.3. The van der Waals surface area contributed by atoms with Crippen molar-refractivity contribution in [3.63, 3.8) is 0 Å². The molecule has 4 nitrogen and oxygen atoms in total. The SMILES string of the molecule is COc1ccc(CN(C)CCc2ccc(O)cc2)c(Br)c1OCc1ccccc1. The smallest absolute Gasteiger partial charge is 0.176 e. The van der Waals surface area contributed by atoms with Gasteiger partial charge < -0.3 is 19.5 Å². The van der Waals surface area contributed by atoms with E-state index in [-0.39, 0.29) is 0 Å². The third kappa shape index (κ3) is 5.99. The van der Waals surface area contributed by atoms with Crippen molar-refractivity contribution in [2.45, 2.75) is 19.6 Å². The molecule has 0 unspecified atom stereocenters. The van der Waals surface area contributed by atoms with Crippen LogP contribution >= 0.6 is 15.9 Å². The molecule has 152 valence electrons. The van der Waals surface area contributed by atoms with E-state index in [1.807, 2.05) is 48.5 Å². The van der Waals surface area contributed by atoms with E-state index in [1.165, 1.54) is 5.56 Å². The zero-order chi connectivity index (χ0) is 20.6. The van der Waals surface area contributed by atoms with Crippen molar-refractivity contribution < 1.29 is 14.6 Å². The summed E-state index contributed by atoms with van der Waals surface area (Å²) in [5.41, 5.74) is 3.45. The Balaban J connectivity index is 1.66. The number of phenolic OH excluding ortho intramolecular Hbond substituents is 1. The maximum Gasteiger partial charge on any atom is 0.176 e. The predicted molar refractivity (Wildman–Crippen MR) is 120 cm³/mol. The molecule has 29 heavy (non-hydrogen) atoms. The molecule has 0 fully saturated rings. The van der Waals surface area contributed by atoms with Crippen LogP contribution in [0.4, 0.5) is 0 Å². The van der Waals surface area contributed by atoms with E-state index in [9.17, 15) is 5.11 Å². The first-order chi connectivity index (χ1) is 14.1. The molecule has 0 saturated carbocycles. The lowest BCUT2D eigenvalue weighted by atomic mass is 10.1. The van der Waals surface area contributed by atoms with Crippen LogP contribution in [-0.4, -0.2) is 30.7 Å². The van der Waals surface area contributed by atoms with E-state index in [0.29, 0.717) is 18.1 Å². The minimum absolute atomic E-state index is 0.298. The second-order valence-corrected chi connectivity index (χ2v) is 7.79. The van der Waals surface area contributed by atoms with E-state index < -0.39 is 0 Å². The maximum absolute atomic E-state index is 9.41. The van der Waals surface area contributed by atoms with Crippen molar-refractivity contribution in [2.24, 2.45) is 0 Å². The highest BCUT2D eigenvalue weighted by Gasteiger charge is 2.15. The number of ether oxygens (including phenoxy) is 2. The molecule has 0 amide bonds. The number of benzene rings is 3. The normalized spacial score (nSPS) is 10.9. The first-order valence-electron chi connectivity index (χ1n) is 9.55. The van der Waals surface area contributed by atoms with Crippen molar-refractivity contribution in [1.82, 2.24) is 4.90 Å². The van der Waals surface area contributed by atoms with Crippen molar-refractivity contribution in [2.75, 3.05) is 20.7 Å². The molecule has 0 aliphatic carbocycles. The van der Waals surface area contributed by atoms with Crippen LogP contribution in [0.2, 0.25) is 0 Å². The van der Waals surface area contributed by atoms with E-state index in [0.717, 1.165) is 40.9 Å². The van der Waals surface area contributed by atoms with Crippen LogP contribution in [0.3, 0.4) is 0 Å². The summed E-state index contributed by atoms with van der Waals surface area (Å²) >= 11 is 3.72. The summed E-state index contributed by atoms with van der Waals surface area (Å²) in [6.45, 7) is 2.17. The summed E-state index contributed by atoms with van der Waals surface area (Å²) in [4.78, 5) is 2.26. The molecule has 0 aromatic heterocycles. The van der Waals surface area contributed by atoms with Crippen LogP contribution in [-0.2, 0) is 19.6 Å². The largest absolute Gasteiger partial charge is 0.508 e. The topological polar surface area (TPSA) is 41.9 Å². The Morgan fingerprint density at radius 1 is 0.931 bits per heavy atom. The molecule has 0 saturated heterocycles. The van der Waals surface area contributed by atoms with Gasteiger partial charge in [0.1, 0.15) is 12.4 Å². The summed E-state index contributed by atoms with van der Waals surface area (Å²) < 4.78 is 12.5. The lowest BCUT2D eigenvalue weighted by Crippen LogP contribution is -2.21. The number of aromatic hydroxyl groups is 1. The van der Waals surface area contributed by atoms with Gasteiger partial charge in [-0.3, -0.25) is 0 Å². The molecule has 0 spiro atoms. The molecule has 1 N–H and O–H groups in total. The van der Waals surface area contributed by atoms with Crippen molar-refractivity contribution in [3.05, 3.63) is 87.9 Å². The number of halogens is 1. The number of phenols is 1. The van der Waals surface area contributed by atoms with Crippen LogP contribution in [0.15, 0.2) is 71.2 Å². The number of nitrogens with zero attached hydrogens (tertiary/aromatic N) is 1. The summed E-state index contributed by atoms with van der Waals surface area (Å²) in [7, 11) is 3.75. The average molecular weight is 456 g/mol. The van der Waals surface area contributed by atoms with Gasteiger partial charge in [-0.25, -0.2) is 0 Å². The van der Waals surface area contributed by atoms with Crippen molar-refractivity contribution >= 4 is 15.9 Å². The molecule has 0 aliphatic rings. The Bertz CT molecular complexity index is 913. The Morgan fingerprint density at radius 2 is 1.66 bits per heavy atom. The van der Waals surface area contributed by atoms with E-state index in [2.05, 4.69) is 33.9 Å². The van der Waals surface area contributed by atoms with Gasteiger partial charge in [0.05, 0.1) is 11.6 Å². The lowest BCUT2D eigenvalue weighted by Gasteiger charge is -2.20. The molecule has 0 bridgehead atoms. The Hall–Kier alpha value is -2.50. The Labute approximate surface area is 180 Å². The molecule has 0 atom stereocenters. The van der Waals surface area contributed by atoms with Gasteiger partial charge in [0.2, 0.25) is 0 Å². The summed E-state index contributed by atoms with van der Waals surface area (Å²) in [5, 5.41) is 9.41. The molecule has 3 aromatic rings. The average Bonchev–Trinajstić information content (AvgIpc) is 2.74. The number of likely N-dealkylation sites (N-methyl/N-ethyl adjacent to an activating group) is 1. The minimum atomic E-state index is 0.298. The van der Waals surface area contributed by atoms with Crippen LogP contribution in [0, 0.1) is 0 Å². The first kappa shape index (κ1) is 21.2. The van der Waals surface area contributed by atoms with E-state index in [4.69, 9.17) is 9.47 Å². The third-order valence-corrected chi connectivity index (χ3v) is 5.62. The molecule has 3 rings (SSSR count). The highest BCUT2D eigenvalue weighted by atomic mass is 79.9. The lowest BCUT2D eigenvalue weighted by molar-refractivity contribution is 0.280. The Morgan fingerprint density at radius 3 is 2.34 bits per heavy atom. The van der Waals surface area contributed by atoms with Crippen LogP contribution in [0.1, 0.15) is 16.7 Å². The van der Waals surface area contributed by atoms with Crippen LogP contribution < -0.4 is 9.47 Å². The van der Waals surface area contributed by atoms with Gasteiger partial charge in [0.25, 0.3) is 0 Å². The van der Waals surface area contributed by atoms with Gasteiger partial charge in [-0.2, -0.15) is 0 Å². The highest BCUT2D eigenvalue weighted by molar-refractivity contribution is 9.10. The zero-order valence-corrected chi connectivity index (χ0v) is 18.4. The monoisotopic (exact) mass is 455 g/mol. The number of hydrogen-bond donors (Lipinski definition) is 1. The molecular weight excluding hydrogens is 430 g/mol. The molecule has 3 aromatic carbocycles. The van der Waals surface area contributed by atoms with Gasteiger partial charge in [0.15, 0.2) is 11.5 Å². The van der Waals surface area contributed by atoms with Gasteiger partial charge in [-0.05, 0) is 64.3 Å². The second-order valence-electron chi connectivity index (χ2n) is 7.00. The quantitative estimate of drug-likeness (QED) is 0.467. The van der Waals surface area contributed by atoms with Gasteiger partial charge in [0, 0.05) is 13.1 Å². The van der Waals surface area contributed by atoms with Crippen molar-refractivity contribution in [3.8, 4) is 17.2 Å².